The Kier molecular flexibility index (Phi) is 6.07. The van der Waals surface area contributed by atoms with Gasteiger partial charge in [0.25, 0.3) is 5.69 Å². The van der Waals surface area contributed by atoms with E-state index in [0.29, 0.717) is 18.2 Å². The fourth-order valence-electron chi connectivity index (χ4n) is 2.42. The molecule has 1 heterocycles. The maximum Gasteiger partial charge on any atom is 0.274 e. The first-order valence-electron chi connectivity index (χ1n) is 6.50. The van der Waals surface area contributed by atoms with E-state index in [1.54, 1.807) is 6.07 Å². The van der Waals surface area contributed by atoms with Gasteiger partial charge in [-0.25, -0.2) is 0 Å². The number of nitrogens with zero attached hydrogens (tertiary/aromatic N) is 2. The van der Waals surface area contributed by atoms with Crippen molar-refractivity contribution in [3.05, 3.63) is 39.4 Å². The Labute approximate surface area is 129 Å². The summed E-state index contributed by atoms with van der Waals surface area (Å²) in [5.41, 5.74) is 5.87. The molecule has 1 fully saturated rings. The van der Waals surface area contributed by atoms with Crippen LogP contribution >= 0.6 is 12.4 Å². The van der Waals surface area contributed by atoms with Crippen molar-refractivity contribution < 1.29 is 9.72 Å². The van der Waals surface area contributed by atoms with Crippen LogP contribution in [0, 0.1) is 10.1 Å². The summed E-state index contributed by atoms with van der Waals surface area (Å²) < 4.78 is 0. The highest BCUT2D eigenvalue weighted by Gasteiger charge is 2.21. The average molecular weight is 315 g/mol. The first-order valence-corrected chi connectivity index (χ1v) is 6.50. The van der Waals surface area contributed by atoms with Gasteiger partial charge in [-0.2, -0.15) is 0 Å². The second-order valence-corrected chi connectivity index (χ2v) is 5.06. The number of primary amides is 1. The molecule has 7 nitrogen and oxygen atoms in total. The topological polar surface area (TPSA) is 102 Å². The Hall–Kier alpha value is -1.70. The van der Waals surface area contributed by atoms with Crippen LogP contribution in [0.25, 0.3) is 0 Å². The number of amides is 1. The second-order valence-electron chi connectivity index (χ2n) is 5.06. The van der Waals surface area contributed by atoms with E-state index in [1.807, 2.05) is 0 Å². The maximum atomic E-state index is 11.1. The van der Waals surface area contributed by atoms with Crippen LogP contribution in [0.1, 0.15) is 22.8 Å². The minimum absolute atomic E-state index is 0. The van der Waals surface area contributed by atoms with E-state index in [4.69, 9.17) is 5.73 Å². The molecule has 0 bridgehead atoms. The van der Waals surface area contributed by atoms with Gasteiger partial charge in [0.1, 0.15) is 0 Å². The molecule has 1 aliphatic rings. The molecule has 2 rings (SSSR count). The predicted molar refractivity (Wildman–Crippen MR) is 81.6 cm³/mol. The summed E-state index contributed by atoms with van der Waals surface area (Å²) in [7, 11) is 0. The Morgan fingerprint density at radius 1 is 1.57 bits per heavy atom. The number of carbonyl (C=O) groups is 1. The summed E-state index contributed by atoms with van der Waals surface area (Å²) in [6.07, 6.45) is 0. The number of nitro benzene ring substituents is 1. The summed E-state index contributed by atoms with van der Waals surface area (Å²) in [4.78, 5) is 23.9. The lowest BCUT2D eigenvalue weighted by molar-refractivity contribution is -0.385. The molecule has 0 aromatic heterocycles. The Balaban J connectivity index is 0.00000220. The number of nitro groups is 1. The molecule has 1 aromatic carbocycles. The minimum atomic E-state index is -0.657. The van der Waals surface area contributed by atoms with Crippen LogP contribution in [-0.2, 0) is 6.54 Å². The lowest BCUT2D eigenvalue weighted by Crippen LogP contribution is -2.48. The van der Waals surface area contributed by atoms with Gasteiger partial charge in [0, 0.05) is 49.4 Å². The van der Waals surface area contributed by atoms with Crippen molar-refractivity contribution in [1.82, 2.24) is 10.2 Å². The van der Waals surface area contributed by atoms with E-state index in [-0.39, 0.29) is 23.7 Å². The fourth-order valence-corrected chi connectivity index (χ4v) is 2.42. The highest BCUT2D eigenvalue weighted by molar-refractivity contribution is 5.93. The number of halogens is 1. The van der Waals surface area contributed by atoms with Crippen molar-refractivity contribution in [2.24, 2.45) is 5.73 Å². The lowest BCUT2D eigenvalue weighted by atomic mass is 10.1. The van der Waals surface area contributed by atoms with Gasteiger partial charge in [-0.15, -0.1) is 12.4 Å². The van der Waals surface area contributed by atoms with Gasteiger partial charge in [-0.05, 0) is 13.0 Å². The molecular formula is C13H19ClN4O3. The summed E-state index contributed by atoms with van der Waals surface area (Å²) in [6.45, 7) is 5.14. The Bertz CT molecular complexity index is 538. The van der Waals surface area contributed by atoms with Gasteiger partial charge in [0.2, 0.25) is 5.91 Å². The van der Waals surface area contributed by atoms with Gasteiger partial charge in [0.15, 0.2) is 0 Å². The molecule has 0 spiro atoms. The Morgan fingerprint density at radius 3 is 2.86 bits per heavy atom. The molecule has 0 saturated carbocycles. The van der Waals surface area contributed by atoms with Crippen LogP contribution in [-0.4, -0.2) is 41.4 Å². The molecule has 1 atom stereocenters. The van der Waals surface area contributed by atoms with Gasteiger partial charge < -0.3 is 11.1 Å². The number of hydrogen-bond acceptors (Lipinski definition) is 5. The van der Waals surface area contributed by atoms with Crippen LogP contribution in [0.4, 0.5) is 5.69 Å². The molecule has 1 aliphatic heterocycles. The number of rotatable bonds is 4. The molecule has 0 aliphatic carbocycles. The molecule has 21 heavy (non-hydrogen) atoms. The molecule has 1 amide bonds. The smallest absolute Gasteiger partial charge is 0.274 e. The third-order valence-electron chi connectivity index (χ3n) is 3.41. The number of benzene rings is 1. The third kappa shape index (κ3) is 4.38. The van der Waals surface area contributed by atoms with E-state index in [0.717, 1.165) is 19.6 Å². The largest absolute Gasteiger partial charge is 0.366 e. The van der Waals surface area contributed by atoms with Gasteiger partial charge in [0.05, 0.1) is 4.92 Å². The highest BCUT2D eigenvalue weighted by Crippen LogP contribution is 2.22. The maximum absolute atomic E-state index is 11.1. The van der Waals surface area contributed by atoms with Gasteiger partial charge in [-0.3, -0.25) is 19.8 Å². The minimum Gasteiger partial charge on any atom is -0.366 e. The quantitative estimate of drug-likeness (QED) is 0.635. The molecule has 1 unspecified atom stereocenters. The molecule has 3 N–H and O–H groups in total. The zero-order valence-electron chi connectivity index (χ0n) is 11.7. The SMILES string of the molecule is CC1CN(Cc2ccc(C(N)=O)cc2[N+](=O)[O-])CCN1.Cl. The molecular weight excluding hydrogens is 296 g/mol. The average Bonchev–Trinajstić information content (AvgIpc) is 2.38. The predicted octanol–water partition coefficient (Wildman–Crippen LogP) is 0.909. The molecule has 1 aromatic rings. The normalized spacial score (nSPS) is 18.8. The first kappa shape index (κ1) is 17.4. The molecule has 0 radical (unpaired) electrons. The van der Waals surface area contributed by atoms with Crippen LogP contribution in [0.3, 0.4) is 0 Å². The van der Waals surface area contributed by atoms with Crippen LogP contribution in [0.2, 0.25) is 0 Å². The lowest BCUT2D eigenvalue weighted by Gasteiger charge is -2.31. The number of nitrogens with two attached hydrogens (primary N) is 1. The van der Waals surface area contributed by atoms with Crippen LogP contribution < -0.4 is 11.1 Å². The zero-order valence-corrected chi connectivity index (χ0v) is 12.6. The second kappa shape index (κ2) is 7.35. The molecule has 1 saturated heterocycles. The van der Waals surface area contributed by atoms with Crippen molar-refractivity contribution in [3.8, 4) is 0 Å². The monoisotopic (exact) mass is 314 g/mol. The summed E-state index contributed by atoms with van der Waals surface area (Å²) in [5.74, 6) is -0.657. The molecule has 116 valence electrons. The number of piperazine rings is 1. The van der Waals surface area contributed by atoms with Crippen molar-refractivity contribution >= 4 is 24.0 Å². The summed E-state index contributed by atoms with van der Waals surface area (Å²) in [5, 5.41) is 14.4. The number of nitrogens with one attached hydrogen (secondary N) is 1. The van der Waals surface area contributed by atoms with E-state index in [1.165, 1.54) is 12.1 Å². The van der Waals surface area contributed by atoms with Crippen molar-refractivity contribution in [1.29, 1.82) is 0 Å². The van der Waals surface area contributed by atoms with E-state index < -0.39 is 10.8 Å². The van der Waals surface area contributed by atoms with Crippen molar-refractivity contribution in [3.63, 3.8) is 0 Å². The van der Waals surface area contributed by atoms with E-state index >= 15 is 0 Å². The van der Waals surface area contributed by atoms with Crippen molar-refractivity contribution in [2.75, 3.05) is 19.6 Å². The fraction of sp³-hybridized carbons (Fsp3) is 0.462. The molecule has 8 heteroatoms. The summed E-state index contributed by atoms with van der Waals surface area (Å²) >= 11 is 0. The van der Waals surface area contributed by atoms with E-state index in [2.05, 4.69) is 17.1 Å². The standard InChI is InChI=1S/C13H18N4O3.ClH/c1-9-7-16(5-4-15-9)8-11-3-2-10(13(14)18)6-12(11)17(19)20;/h2-3,6,9,15H,4-5,7-8H2,1H3,(H2,14,18);1H. The first-order chi connectivity index (χ1) is 9.47. The van der Waals surface area contributed by atoms with Crippen LogP contribution in [0.15, 0.2) is 18.2 Å². The number of hydrogen-bond donors (Lipinski definition) is 2. The summed E-state index contributed by atoms with van der Waals surface area (Å²) in [6, 6.07) is 4.78. The zero-order chi connectivity index (χ0) is 14.7. The van der Waals surface area contributed by atoms with E-state index in [9.17, 15) is 14.9 Å². The Morgan fingerprint density at radius 2 is 2.29 bits per heavy atom. The third-order valence-corrected chi connectivity index (χ3v) is 3.41. The van der Waals surface area contributed by atoms with Gasteiger partial charge in [-0.1, -0.05) is 6.07 Å². The highest BCUT2D eigenvalue weighted by atomic mass is 35.5. The van der Waals surface area contributed by atoms with Gasteiger partial charge >= 0.3 is 0 Å². The van der Waals surface area contributed by atoms with Crippen LogP contribution in [0.5, 0.6) is 0 Å². The number of carbonyl (C=O) groups excluding carboxylic acids is 1. The van der Waals surface area contributed by atoms with Crippen molar-refractivity contribution in [2.45, 2.75) is 19.5 Å².